The Kier molecular flexibility index (Phi) is 8.02. The molecule has 0 atom stereocenters. The van der Waals surface area contributed by atoms with Crippen molar-refractivity contribution in [3.8, 4) is 0 Å². The number of ether oxygens (including phenoxy) is 1. The molecule has 2 rings (SSSR count). The minimum atomic E-state index is -3.71. The standard InChI is InChI=1S/C21H28N2O4S/c1-4-19(5-2)23(14-15-27-3)21(24)17-10-9-11-18(16-17)22-28(25,26)20-12-7-6-8-13-20/h6-13,16,19,22H,4-5,14-15H2,1-3H3. The van der Waals surface area contributed by atoms with Crippen molar-refractivity contribution in [2.45, 2.75) is 37.6 Å². The first-order valence-electron chi connectivity index (χ1n) is 9.40. The Balaban J connectivity index is 2.26. The number of methoxy groups -OCH3 is 1. The second-order valence-corrected chi connectivity index (χ2v) is 8.14. The highest BCUT2D eigenvalue weighted by Gasteiger charge is 2.23. The molecule has 0 aromatic heterocycles. The number of nitrogens with zero attached hydrogens (tertiary/aromatic N) is 1. The number of hydrogen-bond donors (Lipinski definition) is 1. The second-order valence-electron chi connectivity index (χ2n) is 6.46. The molecule has 0 aliphatic rings. The number of rotatable bonds is 10. The molecular formula is C21H28N2O4S. The van der Waals surface area contributed by atoms with E-state index in [9.17, 15) is 13.2 Å². The van der Waals surface area contributed by atoms with Crippen LogP contribution in [0.4, 0.5) is 5.69 Å². The van der Waals surface area contributed by atoms with Crippen LogP contribution in [0, 0.1) is 0 Å². The van der Waals surface area contributed by atoms with Gasteiger partial charge in [-0.15, -0.1) is 0 Å². The Morgan fingerprint density at radius 1 is 1.07 bits per heavy atom. The Morgan fingerprint density at radius 2 is 1.75 bits per heavy atom. The van der Waals surface area contributed by atoms with Gasteiger partial charge in [0.1, 0.15) is 0 Å². The minimum Gasteiger partial charge on any atom is -0.383 e. The fraction of sp³-hybridized carbons (Fsp3) is 0.381. The second kappa shape index (κ2) is 10.2. The number of nitrogens with one attached hydrogen (secondary N) is 1. The van der Waals surface area contributed by atoms with Crippen molar-refractivity contribution < 1.29 is 17.9 Å². The maximum Gasteiger partial charge on any atom is 0.261 e. The predicted octanol–water partition coefficient (Wildman–Crippen LogP) is 3.76. The van der Waals surface area contributed by atoms with Crippen LogP contribution in [0.2, 0.25) is 0 Å². The van der Waals surface area contributed by atoms with E-state index in [4.69, 9.17) is 4.74 Å². The van der Waals surface area contributed by atoms with Crippen LogP contribution in [0.3, 0.4) is 0 Å². The quantitative estimate of drug-likeness (QED) is 0.654. The van der Waals surface area contributed by atoms with Crippen LogP contribution < -0.4 is 4.72 Å². The molecule has 7 heteroatoms. The fourth-order valence-electron chi connectivity index (χ4n) is 3.06. The van der Waals surface area contributed by atoms with Crippen LogP contribution in [0.15, 0.2) is 59.5 Å². The Morgan fingerprint density at radius 3 is 2.36 bits per heavy atom. The first kappa shape index (κ1) is 21.9. The van der Waals surface area contributed by atoms with Gasteiger partial charge in [-0.1, -0.05) is 38.1 Å². The van der Waals surface area contributed by atoms with Gasteiger partial charge in [0.25, 0.3) is 15.9 Å². The van der Waals surface area contributed by atoms with Crippen molar-refractivity contribution in [1.82, 2.24) is 4.90 Å². The topological polar surface area (TPSA) is 75.7 Å². The number of sulfonamides is 1. The van der Waals surface area contributed by atoms with E-state index < -0.39 is 10.0 Å². The SMILES string of the molecule is CCC(CC)N(CCOC)C(=O)c1cccc(NS(=O)(=O)c2ccccc2)c1. The maximum absolute atomic E-state index is 13.1. The van der Waals surface area contributed by atoms with E-state index >= 15 is 0 Å². The molecule has 2 aromatic carbocycles. The number of amides is 1. The van der Waals surface area contributed by atoms with Crippen LogP contribution in [0.5, 0.6) is 0 Å². The molecule has 1 amide bonds. The van der Waals surface area contributed by atoms with E-state index in [1.54, 1.807) is 54.5 Å². The fourth-order valence-corrected chi connectivity index (χ4v) is 4.13. The summed E-state index contributed by atoms with van der Waals surface area (Å²) in [6.45, 7) is 5.03. The summed E-state index contributed by atoms with van der Waals surface area (Å²) in [6.07, 6.45) is 1.68. The van der Waals surface area contributed by atoms with E-state index in [2.05, 4.69) is 4.72 Å². The summed E-state index contributed by atoms with van der Waals surface area (Å²) in [4.78, 5) is 15.1. The third-order valence-electron chi connectivity index (χ3n) is 4.60. The molecule has 1 N–H and O–H groups in total. The van der Waals surface area contributed by atoms with Crippen molar-refractivity contribution in [2.24, 2.45) is 0 Å². The van der Waals surface area contributed by atoms with Gasteiger partial charge in [0.2, 0.25) is 0 Å². The van der Waals surface area contributed by atoms with Gasteiger partial charge in [-0.2, -0.15) is 0 Å². The molecule has 0 saturated heterocycles. The molecule has 152 valence electrons. The average molecular weight is 405 g/mol. The largest absolute Gasteiger partial charge is 0.383 e. The summed E-state index contributed by atoms with van der Waals surface area (Å²) in [7, 11) is -2.11. The summed E-state index contributed by atoms with van der Waals surface area (Å²) >= 11 is 0. The van der Waals surface area contributed by atoms with Crippen LogP contribution in [0.25, 0.3) is 0 Å². The molecule has 28 heavy (non-hydrogen) atoms. The smallest absolute Gasteiger partial charge is 0.261 e. The normalized spacial score (nSPS) is 11.4. The van der Waals surface area contributed by atoms with Crippen LogP contribution in [-0.2, 0) is 14.8 Å². The first-order valence-corrected chi connectivity index (χ1v) is 10.9. The van der Waals surface area contributed by atoms with Gasteiger partial charge in [0, 0.05) is 30.9 Å². The summed E-state index contributed by atoms with van der Waals surface area (Å²) < 4.78 is 32.8. The van der Waals surface area contributed by atoms with Crippen molar-refractivity contribution in [2.75, 3.05) is 25.0 Å². The van der Waals surface area contributed by atoms with E-state index in [0.717, 1.165) is 12.8 Å². The molecule has 0 bridgehead atoms. The molecule has 0 aliphatic carbocycles. The number of anilines is 1. The summed E-state index contributed by atoms with van der Waals surface area (Å²) in [6, 6.07) is 14.8. The van der Waals surface area contributed by atoms with Gasteiger partial charge in [-0.05, 0) is 43.2 Å². The minimum absolute atomic E-state index is 0.104. The zero-order chi connectivity index (χ0) is 20.6. The van der Waals surface area contributed by atoms with E-state index in [1.807, 2.05) is 13.8 Å². The van der Waals surface area contributed by atoms with Crippen molar-refractivity contribution in [3.05, 3.63) is 60.2 Å². The molecule has 0 saturated carbocycles. The molecule has 0 unspecified atom stereocenters. The third-order valence-corrected chi connectivity index (χ3v) is 5.99. The van der Waals surface area contributed by atoms with Gasteiger partial charge >= 0.3 is 0 Å². The van der Waals surface area contributed by atoms with Gasteiger partial charge in [0.05, 0.1) is 11.5 Å². The van der Waals surface area contributed by atoms with Gasteiger partial charge in [-0.3, -0.25) is 9.52 Å². The molecule has 0 radical (unpaired) electrons. The Hall–Kier alpha value is -2.38. The van der Waals surface area contributed by atoms with E-state index in [0.29, 0.717) is 24.4 Å². The average Bonchev–Trinajstić information content (AvgIpc) is 2.71. The lowest BCUT2D eigenvalue weighted by atomic mass is 10.1. The highest BCUT2D eigenvalue weighted by Crippen LogP contribution is 2.20. The summed E-state index contributed by atoms with van der Waals surface area (Å²) in [5.74, 6) is -0.133. The van der Waals surface area contributed by atoms with Crippen molar-refractivity contribution in [1.29, 1.82) is 0 Å². The molecular weight excluding hydrogens is 376 g/mol. The zero-order valence-corrected chi connectivity index (χ0v) is 17.4. The third kappa shape index (κ3) is 5.56. The molecule has 6 nitrogen and oxygen atoms in total. The van der Waals surface area contributed by atoms with Gasteiger partial charge in [0.15, 0.2) is 0 Å². The van der Waals surface area contributed by atoms with Gasteiger partial charge < -0.3 is 9.64 Å². The first-order chi connectivity index (χ1) is 13.4. The molecule has 0 spiro atoms. The lowest BCUT2D eigenvalue weighted by Gasteiger charge is -2.30. The van der Waals surface area contributed by atoms with Crippen LogP contribution in [-0.4, -0.2) is 45.5 Å². The summed E-state index contributed by atoms with van der Waals surface area (Å²) in [5.41, 5.74) is 0.794. The van der Waals surface area contributed by atoms with E-state index in [-0.39, 0.29) is 16.8 Å². The number of carbonyl (C=O) groups is 1. The van der Waals surface area contributed by atoms with Crippen LogP contribution >= 0.6 is 0 Å². The number of hydrogen-bond acceptors (Lipinski definition) is 4. The maximum atomic E-state index is 13.1. The molecule has 0 heterocycles. The molecule has 2 aromatic rings. The van der Waals surface area contributed by atoms with Gasteiger partial charge in [-0.25, -0.2) is 8.42 Å². The molecule has 0 fully saturated rings. The lowest BCUT2D eigenvalue weighted by molar-refractivity contribution is 0.0589. The lowest BCUT2D eigenvalue weighted by Crippen LogP contribution is -2.41. The molecule has 0 aliphatic heterocycles. The predicted molar refractivity (Wildman–Crippen MR) is 111 cm³/mol. The van der Waals surface area contributed by atoms with E-state index in [1.165, 1.54) is 12.1 Å². The zero-order valence-electron chi connectivity index (χ0n) is 16.6. The highest BCUT2D eigenvalue weighted by molar-refractivity contribution is 7.92. The summed E-state index contributed by atoms with van der Waals surface area (Å²) in [5, 5.41) is 0. The monoisotopic (exact) mass is 404 g/mol. The number of benzene rings is 2. The Bertz CT molecular complexity index is 865. The van der Waals surface area contributed by atoms with Crippen molar-refractivity contribution >= 4 is 21.6 Å². The number of carbonyl (C=O) groups excluding carboxylic acids is 1. The highest BCUT2D eigenvalue weighted by atomic mass is 32.2. The Labute approximate surface area is 167 Å². The van der Waals surface area contributed by atoms with Crippen LogP contribution in [0.1, 0.15) is 37.0 Å². The van der Waals surface area contributed by atoms with Crippen molar-refractivity contribution in [3.63, 3.8) is 0 Å².